The maximum Gasteiger partial charge on any atom is 0.187 e. The number of benzene rings is 1. The van der Waals surface area contributed by atoms with Gasteiger partial charge < -0.3 is 15.0 Å². The smallest absolute Gasteiger partial charge is 0.187 e. The molecule has 1 N–H and O–H groups in total. The first-order valence-corrected chi connectivity index (χ1v) is 8.78. The molecule has 2 aromatic heterocycles. The van der Waals surface area contributed by atoms with Crippen molar-refractivity contribution < 1.29 is 13.5 Å². The molecule has 0 aliphatic carbocycles. The number of rotatable bonds is 4. The van der Waals surface area contributed by atoms with Crippen LogP contribution in [0.25, 0.3) is 10.2 Å². The Bertz CT molecular complexity index is 880. The maximum atomic E-state index is 13.9. The number of hydrogen-bond donors (Lipinski definition) is 1. The SMILES string of the molecule is Cl.Fc1cc(F)c2nc(N3CCNC[C@@H]3COc3cccnc3)sc2c1. The number of anilines is 1. The number of aromatic nitrogens is 2. The number of thiazole rings is 1. The second-order valence-corrected chi connectivity index (χ2v) is 6.79. The number of ether oxygens (including phenoxy) is 1. The summed E-state index contributed by atoms with van der Waals surface area (Å²) in [5.74, 6) is -0.516. The van der Waals surface area contributed by atoms with Crippen molar-refractivity contribution in [2.24, 2.45) is 0 Å². The Hall–Kier alpha value is -2.03. The first-order valence-electron chi connectivity index (χ1n) is 7.96. The molecule has 4 rings (SSSR count). The Labute approximate surface area is 159 Å². The monoisotopic (exact) mass is 398 g/mol. The Morgan fingerprint density at radius 2 is 2.23 bits per heavy atom. The summed E-state index contributed by atoms with van der Waals surface area (Å²) in [6.07, 6.45) is 3.35. The second kappa shape index (κ2) is 8.11. The van der Waals surface area contributed by atoms with Crippen LogP contribution in [0.15, 0.2) is 36.7 Å². The van der Waals surface area contributed by atoms with E-state index >= 15 is 0 Å². The van der Waals surface area contributed by atoms with Gasteiger partial charge in [0.2, 0.25) is 0 Å². The van der Waals surface area contributed by atoms with Crippen LogP contribution in [0.3, 0.4) is 0 Å². The molecule has 1 aliphatic rings. The van der Waals surface area contributed by atoms with Crippen molar-refractivity contribution in [3.05, 3.63) is 48.3 Å². The van der Waals surface area contributed by atoms with Gasteiger partial charge in [-0.05, 0) is 18.2 Å². The van der Waals surface area contributed by atoms with Gasteiger partial charge in [0.05, 0.1) is 16.9 Å². The van der Waals surface area contributed by atoms with E-state index < -0.39 is 11.6 Å². The zero-order valence-corrected chi connectivity index (χ0v) is 15.3. The van der Waals surface area contributed by atoms with Crippen molar-refractivity contribution in [1.29, 1.82) is 0 Å². The van der Waals surface area contributed by atoms with Crippen LogP contribution in [0.2, 0.25) is 0 Å². The third-order valence-corrected chi connectivity index (χ3v) is 5.11. The van der Waals surface area contributed by atoms with E-state index in [1.165, 1.54) is 17.4 Å². The van der Waals surface area contributed by atoms with Gasteiger partial charge in [-0.1, -0.05) is 11.3 Å². The molecule has 0 saturated carbocycles. The summed E-state index contributed by atoms with van der Waals surface area (Å²) < 4.78 is 33.7. The Kier molecular flexibility index (Phi) is 5.85. The molecular weight excluding hydrogens is 382 g/mol. The summed E-state index contributed by atoms with van der Waals surface area (Å²) in [4.78, 5) is 10.5. The highest BCUT2D eigenvalue weighted by molar-refractivity contribution is 7.22. The quantitative estimate of drug-likeness (QED) is 0.731. The van der Waals surface area contributed by atoms with Crippen LogP contribution in [0.1, 0.15) is 0 Å². The summed E-state index contributed by atoms with van der Waals surface area (Å²) in [6.45, 7) is 2.71. The molecule has 0 unspecified atom stereocenters. The highest BCUT2D eigenvalue weighted by atomic mass is 35.5. The molecule has 3 aromatic rings. The zero-order chi connectivity index (χ0) is 17.2. The van der Waals surface area contributed by atoms with E-state index in [4.69, 9.17) is 4.74 Å². The number of halogens is 3. The van der Waals surface area contributed by atoms with Crippen LogP contribution in [0, 0.1) is 11.6 Å². The molecule has 1 aliphatic heterocycles. The molecule has 138 valence electrons. The minimum absolute atomic E-state index is 0. The lowest BCUT2D eigenvalue weighted by atomic mass is 10.2. The molecule has 0 bridgehead atoms. The third-order valence-electron chi connectivity index (χ3n) is 4.07. The fraction of sp³-hybridized carbons (Fsp3) is 0.294. The molecule has 1 aromatic carbocycles. The van der Waals surface area contributed by atoms with Gasteiger partial charge in [0, 0.05) is 31.9 Å². The normalized spacial score (nSPS) is 17.2. The molecular formula is C17H17ClF2N4OS. The minimum atomic E-state index is -0.629. The Morgan fingerprint density at radius 3 is 3.04 bits per heavy atom. The maximum absolute atomic E-state index is 13.9. The van der Waals surface area contributed by atoms with E-state index in [2.05, 4.69) is 20.2 Å². The molecule has 3 heterocycles. The van der Waals surface area contributed by atoms with Gasteiger partial charge in [-0.2, -0.15) is 0 Å². The Morgan fingerprint density at radius 1 is 1.35 bits per heavy atom. The fourth-order valence-corrected chi connectivity index (χ4v) is 3.96. The molecule has 9 heteroatoms. The number of nitrogens with one attached hydrogen (secondary N) is 1. The highest BCUT2D eigenvalue weighted by Crippen LogP contribution is 2.32. The second-order valence-electron chi connectivity index (χ2n) is 5.78. The van der Waals surface area contributed by atoms with Crippen molar-refractivity contribution in [2.45, 2.75) is 6.04 Å². The minimum Gasteiger partial charge on any atom is -0.490 e. The van der Waals surface area contributed by atoms with Crippen LogP contribution in [-0.2, 0) is 0 Å². The Balaban J connectivity index is 0.00000196. The fourth-order valence-electron chi connectivity index (χ4n) is 2.85. The zero-order valence-electron chi connectivity index (χ0n) is 13.7. The number of piperazine rings is 1. The molecule has 1 atom stereocenters. The van der Waals surface area contributed by atoms with Gasteiger partial charge in [0.15, 0.2) is 10.9 Å². The average molecular weight is 399 g/mol. The summed E-state index contributed by atoms with van der Waals surface area (Å²) in [5.41, 5.74) is 0.215. The molecule has 5 nitrogen and oxygen atoms in total. The van der Waals surface area contributed by atoms with Crippen LogP contribution < -0.4 is 15.0 Å². The molecule has 0 amide bonds. The van der Waals surface area contributed by atoms with Gasteiger partial charge >= 0.3 is 0 Å². The van der Waals surface area contributed by atoms with Gasteiger partial charge in [-0.3, -0.25) is 4.98 Å². The van der Waals surface area contributed by atoms with E-state index in [0.29, 0.717) is 22.2 Å². The number of hydrogen-bond acceptors (Lipinski definition) is 6. The van der Waals surface area contributed by atoms with E-state index in [-0.39, 0.29) is 24.0 Å². The first-order chi connectivity index (χ1) is 12.2. The van der Waals surface area contributed by atoms with E-state index in [1.54, 1.807) is 12.4 Å². The predicted molar refractivity (Wildman–Crippen MR) is 101 cm³/mol. The van der Waals surface area contributed by atoms with Crippen LogP contribution in [0.5, 0.6) is 5.75 Å². The van der Waals surface area contributed by atoms with Gasteiger partial charge in [0.1, 0.15) is 23.7 Å². The molecule has 1 fully saturated rings. The van der Waals surface area contributed by atoms with Crippen LogP contribution >= 0.6 is 23.7 Å². The standard InChI is InChI=1S/C17H16F2N4OS.ClH/c18-11-6-14(19)16-15(7-11)25-17(22-16)23-5-4-21-8-12(23)10-24-13-2-1-3-20-9-13;/h1-3,6-7,9,12,21H,4-5,8,10H2;1H/t12-;/m1./s1. The van der Waals surface area contributed by atoms with Crippen molar-refractivity contribution in [3.63, 3.8) is 0 Å². The van der Waals surface area contributed by atoms with Crippen molar-refractivity contribution in [2.75, 3.05) is 31.1 Å². The van der Waals surface area contributed by atoms with Crippen molar-refractivity contribution >= 4 is 39.1 Å². The molecule has 1 saturated heterocycles. The van der Waals surface area contributed by atoms with E-state index in [1.807, 2.05) is 12.1 Å². The van der Waals surface area contributed by atoms with E-state index in [9.17, 15) is 8.78 Å². The molecule has 0 radical (unpaired) electrons. The van der Waals surface area contributed by atoms with Gasteiger partial charge in [0.25, 0.3) is 0 Å². The lowest BCUT2D eigenvalue weighted by molar-refractivity contribution is 0.266. The topological polar surface area (TPSA) is 50.3 Å². The largest absolute Gasteiger partial charge is 0.490 e. The molecule has 0 spiro atoms. The van der Waals surface area contributed by atoms with Crippen LogP contribution in [0.4, 0.5) is 13.9 Å². The van der Waals surface area contributed by atoms with Crippen LogP contribution in [-0.4, -0.2) is 42.3 Å². The number of pyridine rings is 1. The van der Waals surface area contributed by atoms with Gasteiger partial charge in [-0.15, -0.1) is 12.4 Å². The lowest BCUT2D eigenvalue weighted by Gasteiger charge is -2.35. The van der Waals surface area contributed by atoms with Crippen molar-refractivity contribution in [3.8, 4) is 5.75 Å². The predicted octanol–water partition coefficient (Wildman–Crippen LogP) is 3.25. The van der Waals surface area contributed by atoms with Gasteiger partial charge in [-0.25, -0.2) is 13.8 Å². The summed E-state index contributed by atoms with van der Waals surface area (Å²) in [5, 5.41) is 4.01. The first kappa shape index (κ1) is 18.8. The molecule has 26 heavy (non-hydrogen) atoms. The summed E-state index contributed by atoms with van der Waals surface area (Å²) >= 11 is 1.30. The summed E-state index contributed by atoms with van der Waals surface area (Å²) in [6, 6.07) is 5.90. The summed E-state index contributed by atoms with van der Waals surface area (Å²) in [7, 11) is 0. The number of nitrogens with zero attached hydrogens (tertiary/aromatic N) is 3. The average Bonchev–Trinajstić information content (AvgIpc) is 3.05. The highest BCUT2D eigenvalue weighted by Gasteiger charge is 2.26. The van der Waals surface area contributed by atoms with E-state index in [0.717, 1.165) is 25.7 Å². The number of fused-ring (bicyclic) bond motifs is 1. The lowest BCUT2D eigenvalue weighted by Crippen LogP contribution is -2.54. The van der Waals surface area contributed by atoms with Crippen molar-refractivity contribution in [1.82, 2.24) is 15.3 Å². The third kappa shape index (κ3) is 3.87.